The maximum Gasteiger partial charge on any atom is 3.00 e. The molecule has 0 atom stereocenters. The number of aryl methyl sites for hydroxylation is 2. The van der Waals surface area contributed by atoms with Crippen molar-refractivity contribution in [3.05, 3.63) is 36.2 Å². The second kappa shape index (κ2) is 22.0. The summed E-state index contributed by atoms with van der Waals surface area (Å²) >= 11 is 0. The summed E-state index contributed by atoms with van der Waals surface area (Å²) in [5.41, 5.74) is 7.29. The van der Waals surface area contributed by atoms with Gasteiger partial charge in [0.25, 0.3) is 0 Å². The van der Waals surface area contributed by atoms with Crippen molar-refractivity contribution >= 4 is 25.5 Å². The van der Waals surface area contributed by atoms with Crippen LogP contribution in [0.2, 0.25) is 0 Å². The van der Waals surface area contributed by atoms with Crippen LogP contribution in [0.15, 0.2) is 22.9 Å². The molecule has 0 unspecified atom stereocenters. The van der Waals surface area contributed by atoms with Crippen LogP contribution in [0.3, 0.4) is 0 Å². The standard InChI is InChI=1S/2C6H9N6O.Fe.HI.3H2O/c2*1-10-5-12(4-9-10)8-3-7-11(2)6-13;;;;;/h2*3-4,6H,1-2H3;;1H;3*1H2/q2*-1;+3;;;;/p-1. The zero-order valence-electron chi connectivity index (χ0n) is 16.9. The molecule has 0 spiro atoms. The molecule has 0 aromatic carbocycles. The first kappa shape index (κ1) is 38.8. The van der Waals surface area contributed by atoms with Crippen LogP contribution in [0.4, 0.5) is 0 Å². The van der Waals surface area contributed by atoms with Gasteiger partial charge >= 0.3 is 17.1 Å². The van der Waals surface area contributed by atoms with Crippen molar-refractivity contribution in [1.82, 2.24) is 29.6 Å². The molecule has 6 N–H and O–H groups in total. The van der Waals surface area contributed by atoms with E-state index in [2.05, 4.69) is 43.9 Å². The number of carbonyl (C=O) groups excluding carboxylic acids is 2. The molecule has 1 radical (unpaired) electrons. The van der Waals surface area contributed by atoms with E-state index in [0.29, 0.717) is 12.8 Å². The second-order valence-corrected chi connectivity index (χ2v) is 4.45. The predicted molar refractivity (Wildman–Crippen MR) is 97.5 cm³/mol. The summed E-state index contributed by atoms with van der Waals surface area (Å²) < 4.78 is 5.64. The number of rotatable bonds is 8. The molecule has 2 rings (SSSR count). The van der Waals surface area contributed by atoms with Crippen molar-refractivity contribution in [2.24, 2.45) is 24.3 Å². The first-order chi connectivity index (χ1) is 12.4. The Morgan fingerprint density at radius 3 is 1.42 bits per heavy atom. The third kappa shape index (κ3) is 17.8. The van der Waals surface area contributed by atoms with E-state index in [4.69, 9.17) is 0 Å². The summed E-state index contributed by atoms with van der Waals surface area (Å²) in [5, 5.41) is 17.4. The number of amides is 2. The molecule has 0 fully saturated rings. The Balaban J connectivity index is -0.000000125. The topological polar surface area (TPSA) is 231 Å². The Labute approximate surface area is 205 Å². The van der Waals surface area contributed by atoms with Crippen molar-refractivity contribution in [2.75, 3.05) is 14.1 Å². The molecule has 0 saturated carbocycles. The minimum absolute atomic E-state index is 0. The van der Waals surface area contributed by atoms with Crippen LogP contribution in [0.5, 0.6) is 0 Å². The fourth-order valence-corrected chi connectivity index (χ4v) is 1.14. The summed E-state index contributed by atoms with van der Waals surface area (Å²) in [6, 6.07) is 0. The molecule has 0 aliphatic carbocycles. The van der Waals surface area contributed by atoms with Gasteiger partial charge in [0.05, 0.1) is 26.7 Å². The largest absolute Gasteiger partial charge is 3.00 e. The molecule has 177 valence electrons. The molecule has 0 aliphatic rings. The van der Waals surface area contributed by atoms with Crippen LogP contribution in [0, 0.1) is 12.7 Å². The van der Waals surface area contributed by atoms with E-state index in [1.807, 2.05) is 0 Å². The van der Waals surface area contributed by atoms with E-state index in [1.165, 1.54) is 58.1 Å². The Kier molecular flexibility index (Phi) is 27.5. The molecule has 0 aliphatic heterocycles. The van der Waals surface area contributed by atoms with Crippen LogP contribution < -0.4 is 33.3 Å². The van der Waals surface area contributed by atoms with E-state index >= 15 is 0 Å². The summed E-state index contributed by atoms with van der Waals surface area (Å²) in [7, 11) is 6.47. The first-order valence-corrected chi connectivity index (χ1v) is 6.94. The Morgan fingerprint density at radius 1 is 0.871 bits per heavy atom. The number of hydrogen-bond acceptors (Lipinski definition) is 6. The summed E-state index contributed by atoms with van der Waals surface area (Å²) in [6.45, 7) is 0. The van der Waals surface area contributed by atoms with Gasteiger partial charge in [-0.15, -0.1) is 0 Å². The van der Waals surface area contributed by atoms with E-state index < -0.39 is 0 Å². The Morgan fingerprint density at radius 2 is 1.19 bits per heavy atom. The van der Waals surface area contributed by atoms with Crippen molar-refractivity contribution in [3.63, 3.8) is 0 Å². The smallest absolute Gasteiger partial charge is 1.00 e. The normalized spacial score (nSPS) is 8.65. The molecule has 19 heteroatoms. The van der Waals surface area contributed by atoms with Gasteiger partial charge in [-0.3, -0.25) is 9.59 Å². The van der Waals surface area contributed by atoms with Gasteiger partial charge in [0.15, 0.2) is 12.7 Å². The van der Waals surface area contributed by atoms with E-state index in [0.717, 1.165) is 10.0 Å². The van der Waals surface area contributed by atoms with Crippen LogP contribution in [0.1, 0.15) is 0 Å². The molecule has 2 aromatic rings. The minimum atomic E-state index is 0. The number of carbonyl (C=O) groups is 2. The number of halogens is 1. The summed E-state index contributed by atoms with van der Waals surface area (Å²) in [4.78, 5) is 20.2. The van der Waals surface area contributed by atoms with Gasteiger partial charge < -0.3 is 80.8 Å². The molecule has 2 aromatic heterocycles. The van der Waals surface area contributed by atoms with Crippen LogP contribution in [-0.2, 0) is 40.8 Å². The Hall–Kier alpha value is -2.71. The zero-order valence-corrected chi connectivity index (χ0v) is 20.1. The average molecular weight is 599 g/mol. The second-order valence-electron chi connectivity index (χ2n) is 4.45. The molecule has 0 saturated heterocycles. The molecular weight excluding hydrogens is 575 g/mol. The third-order valence-electron chi connectivity index (χ3n) is 2.29. The maximum atomic E-state index is 10.1. The Bertz CT molecular complexity index is 696. The molecule has 2 heterocycles. The minimum Gasteiger partial charge on any atom is -1.00 e. The van der Waals surface area contributed by atoms with Gasteiger partial charge in [-0.25, -0.2) is 9.36 Å². The van der Waals surface area contributed by atoms with Gasteiger partial charge in [0.1, 0.15) is 0 Å². The maximum absolute atomic E-state index is 10.1. The fourth-order valence-electron chi connectivity index (χ4n) is 1.14. The van der Waals surface area contributed by atoms with Gasteiger partial charge in [-0.2, -0.15) is 10.2 Å². The van der Waals surface area contributed by atoms with Crippen LogP contribution in [0.25, 0.3) is 10.9 Å². The van der Waals surface area contributed by atoms with Crippen molar-refractivity contribution in [2.45, 2.75) is 0 Å². The molecular formula is C12H24FeIN12O5. The van der Waals surface area contributed by atoms with Gasteiger partial charge in [0.2, 0.25) is 12.8 Å². The van der Waals surface area contributed by atoms with Gasteiger partial charge in [-0.1, -0.05) is 0 Å². The fraction of sp³-hybridized carbons (Fsp3) is 0.333. The van der Waals surface area contributed by atoms with Gasteiger partial charge in [-0.05, 0) is 12.7 Å². The number of hydrogen-bond donors (Lipinski definition) is 0. The van der Waals surface area contributed by atoms with E-state index in [1.54, 1.807) is 14.1 Å². The van der Waals surface area contributed by atoms with Crippen LogP contribution in [-0.4, -0.2) is 85.6 Å². The predicted octanol–water partition coefficient (Wildman–Crippen LogP) is -8.12. The third-order valence-corrected chi connectivity index (χ3v) is 2.29. The summed E-state index contributed by atoms with van der Waals surface area (Å²) in [6.07, 6.45) is 12.0. The molecule has 0 bridgehead atoms. The van der Waals surface area contributed by atoms with Crippen molar-refractivity contribution in [1.29, 1.82) is 0 Å². The van der Waals surface area contributed by atoms with E-state index in [-0.39, 0.29) is 57.5 Å². The van der Waals surface area contributed by atoms with Gasteiger partial charge in [0, 0.05) is 14.1 Å². The molecule has 17 nitrogen and oxygen atoms in total. The number of aromatic nitrogens is 6. The van der Waals surface area contributed by atoms with Crippen molar-refractivity contribution < 1.29 is 76.4 Å². The summed E-state index contributed by atoms with van der Waals surface area (Å²) in [5.74, 6) is 0. The van der Waals surface area contributed by atoms with Crippen molar-refractivity contribution in [3.8, 4) is 0 Å². The monoisotopic (exact) mass is 599 g/mol. The van der Waals surface area contributed by atoms with Crippen LogP contribution >= 0.6 is 0 Å². The quantitative estimate of drug-likeness (QED) is 0.0421. The zero-order chi connectivity index (χ0) is 19.4. The molecule has 2 amide bonds. The van der Waals surface area contributed by atoms with E-state index in [9.17, 15) is 9.59 Å². The molecule has 31 heavy (non-hydrogen) atoms. The number of nitrogens with zero attached hydrogens (tertiary/aromatic N) is 12. The average Bonchev–Trinajstić information content (AvgIpc) is 3.23. The first-order valence-electron chi connectivity index (χ1n) is 6.94. The SMILES string of the molecule is CN(C=O)[N-]/C=N\n1[c-][n+](C)nc1.CN(C=O)[N-]/C=N\n1[c-][n+](C)nc1.O.O.O.[Fe+3].[I-].